The molecule has 0 radical (unpaired) electrons. The van der Waals surface area contributed by atoms with Gasteiger partial charge < -0.3 is 19.2 Å². The molecule has 7 heteroatoms. The van der Waals surface area contributed by atoms with Crippen LogP contribution in [0.4, 0.5) is 0 Å². The fourth-order valence-corrected chi connectivity index (χ4v) is 3.14. The summed E-state index contributed by atoms with van der Waals surface area (Å²) in [6.45, 7) is 11.9. The van der Waals surface area contributed by atoms with Gasteiger partial charge in [0.1, 0.15) is 11.5 Å². The first-order valence-corrected chi connectivity index (χ1v) is 10.1. The number of rotatable bonds is 7. The number of aromatic amines is 1. The smallest absolute Gasteiger partial charge is 0.321 e. The third kappa shape index (κ3) is 5.84. The summed E-state index contributed by atoms with van der Waals surface area (Å²) in [5.74, 6) is -5.06. The van der Waals surface area contributed by atoms with Crippen molar-refractivity contribution in [3.63, 3.8) is 0 Å². The lowest BCUT2D eigenvalue weighted by Gasteiger charge is -2.28. The van der Waals surface area contributed by atoms with E-state index in [1.54, 1.807) is 54.7 Å². The number of hydrogen-bond donors (Lipinski definition) is 1. The number of H-pyrrole nitrogens is 1. The Hall–Kier alpha value is -2.83. The van der Waals surface area contributed by atoms with Gasteiger partial charge in [0.25, 0.3) is 0 Å². The second kappa shape index (κ2) is 9.32. The summed E-state index contributed by atoms with van der Waals surface area (Å²) in [5, 5.41) is 0.716. The Morgan fingerprint density at radius 3 is 1.90 bits per heavy atom. The Morgan fingerprint density at radius 1 is 0.867 bits per heavy atom. The van der Waals surface area contributed by atoms with Crippen molar-refractivity contribution >= 4 is 28.8 Å². The topological polar surface area (TPSA) is 94.7 Å². The first-order chi connectivity index (χ1) is 13.9. The molecule has 2 aromatic rings. The summed E-state index contributed by atoms with van der Waals surface area (Å²) in [6, 6.07) is 7.33. The van der Waals surface area contributed by atoms with Crippen molar-refractivity contribution in [1.82, 2.24) is 4.98 Å². The number of ether oxygens (including phenoxy) is 3. The first-order valence-electron chi connectivity index (χ1n) is 10.1. The van der Waals surface area contributed by atoms with E-state index in [-0.39, 0.29) is 0 Å². The summed E-state index contributed by atoms with van der Waals surface area (Å²) in [7, 11) is 0. The molecule has 0 unspecified atom stereocenters. The van der Waals surface area contributed by atoms with Crippen molar-refractivity contribution in [2.75, 3.05) is 0 Å². The van der Waals surface area contributed by atoms with Crippen molar-refractivity contribution in [3.8, 4) is 0 Å². The minimum Gasteiger partial charge on any atom is -0.462 e. The quantitative estimate of drug-likeness (QED) is 0.414. The molecule has 0 aliphatic rings. The average Bonchev–Trinajstić information content (AvgIpc) is 3.00. The van der Waals surface area contributed by atoms with Gasteiger partial charge in [0.05, 0.1) is 12.2 Å². The van der Waals surface area contributed by atoms with Crippen molar-refractivity contribution < 1.29 is 28.6 Å². The Balaban J connectivity index is 2.63. The lowest BCUT2D eigenvalue weighted by atomic mass is 9.85. The molecule has 0 aliphatic heterocycles. The van der Waals surface area contributed by atoms with E-state index < -0.39 is 47.6 Å². The highest BCUT2D eigenvalue weighted by atomic mass is 16.6. The van der Waals surface area contributed by atoms with Crippen LogP contribution < -0.4 is 0 Å². The monoisotopic (exact) mass is 417 g/mol. The molecule has 2 rings (SSSR count). The van der Waals surface area contributed by atoms with Gasteiger partial charge in [0, 0.05) is 17.1 Å². The van der Waals surface area contributed by atoms with Crippen LogP contribution in [0.25, 0.3) is 10.9 Å². The molecule has 0 saturated heterocycles. The molecule has 0 fully saturated rings. The second-order valence-electron chi connectivity index (χ2n) is 8.75. The van der Waals surface area contributed by atoms with E-state index >= 15 is 0 Å². The number of carbonyl (C=O) groups is 3. The third-order valence-corrected chi connectivity index (χ3v) is 4.16. The van der Waals surface area contributed by atoms with Gasteiger partial charge >= 0.3 is 17.9 Å². The minimum atomic E-state index is -1.50. The van der Waals surface area contributed by atoms with E-state index in [1.165, 1.54) is 0 Å². The van der Waals surface area contributed by atoms with Gasteiger partial charge in [-0.05, 0) is 60.1 Å². The number of benzene rings is 1. The summed E-state index contributed by atoms with van der Waals surface area (Å²) in [6.07, 6.45) is 0.695. The molecule has 1 aromatic carbocycles. The molecule has 0 bridgehead atoms. The maximum atomic E-state index is 13.3. The number of carbonyl (C=O) groups excluding carboxylic acids is 3. The Kier molecular flexibility index (Phi) is 7.29. The van der Waals surface area contributed by atoms with Crippen LogP contribution in [-0.4, -0.2) is 40.7 Å². The summed E-state index contributed by atoms with van der Waals surface area (Å²) in [4.78, 5) is 42.3. The standard InChI is InChI=1S/C23H31NO6/c1-13(2)28-20(25)19(21(26)29-14(3)4)18(22(27)30-23(5,6)7)16-12-24-17-11-9-8-10-15(16)17/h8-14,18-19,24H,1-7H3/t18-/m0/s1. The molecule has 1 atom stereocenters. The maximum absolute atomic E-state index is 13.3. The maximum Gasteiger partial charge on any atom is 0.321 e. The SMILES string of the molecule is CC(C)OC(=O)C(C(=O)OC(C)C)[C@@H](C(=O)OC(C)(C)C)c1c[nH]c2ccccc12. The van der Waals surface area contributed by atoms with Crippen LogP contribution >= 0.6 is 0 Å². The molecule has 164 valence electrons. The number of esters is 3. The molecule has 1 aromatic heterocycles. The number of nitrogens with one attached hydrogen (secondary N) is 1. The average molecular weight is 418 g/mol. The van der Waals surface area contributed by atoms with Crippen molar-refractivity contribution in [2.24, 2.45) is 5.92 Å². The zero-order valence-corrected chi connectivity index (χ0v) is 18.6. The van der Waals surface area contributed by atoms with Crippen LogP contribution in [0.5, 0.6) is 0 Å². The molecule has 1 heterocycles. The summed E-state index contributed by atoms with van der Waals surface area (Å²) in [5.41, 5.74) is 0.441. The summed E-state index contributed by atoms with van der Waals surface area (Å²) < 4.78 is 16.3. The van der Waals surface area contributed by atoms with Crippen molar-refractivity contribution in [2.45, 2.75) is 72.2 Å². The number of aromatic nitrogens is 1. The molecule has 0 aliphatic carbocycles. The van der Waals surface area contributed by atoms with Crippen molar-refractivity contribution in [1.29, 1.82) is 0 Å². The molecular formula is C23H31NO6. The Bertz CT molecular complexity index is 884. The van der Waals surface area contributed by atoms with E-state index in [0.29, 0.717) is 10.9 Å². The lowest BCUT2D eigenvalue weighted by Crippen LogP contribution is -2.41. The van der Waals surface area contributed by atoms with Crippen LogP contribution in [0.3, 0.4) is 0 Å². The number of para-hydroxylation sites is 1. The summed E-state index contributed by atoms with van der Waals surface area (Å²) >= 11 is 0. The fourth-order valence-electron chi connectivity index (χ4n) is 3.14. The first kappa shape index (κ1) is 23.4. The van der Waals surface area contributed by atoms with Gasteiger partial charge in [-0.15, -0.1) is 0 Å². The van der Waals surface area contributed by atoms with E-state index in [0.717, 1.165) is 5.52 Å². The van der Waals surface area contributed by atoms with Crippen LogP contribution in [0.1, 0.15) is 59.9 Å². The molecule has 30 heavy (non-hydrogen) atoms. The zero-order chi connectivity index (χ0) is 22.6. The van der Waals surface area contributed by atoms with Gasteiger partial charge in [0.2, 0.25) is 0 Å². The highest BCUT2D eigenvalue weighted by molar-refractivity contribution is 6.03. The van der Waals surface area contributed by atoms with Crippen LogP contribution in [0, 0.1) is 5.92 Å². The Labute approximate surface area is 177 Å². The van der Waals surface area contributed by atoms with Crippen LogP contribution in [0.2, 0.25) is 0 Å². The van der Waals surface area contributed by atoms with E-state index in [1.807, 2.05) is 24.3 Å². The van der Waals surface area contributed by atoms with E-state index in [2.05, 4.69) is 4.98 Å². The van der Waals surface area contributed by atoms with Gasteiger partial charge in [-0.2, -0.15) is 0 Å². The normalized spacial score (nSPS) is 13.0. The number of fused-ring (bicyclic) bond motifs is 1. The predicted molar refractivity (Wildman–Crippen MR) is 113 cm³/mol. The molecule has 0 amide bonds. The third-order valence-electron chi connectivity index (χ3n) is 4.16. The molecular weight excluding hydrogens is 386 g/mol. The fraction of sp³-hybridized carbons (Fsp3) is 0.522. The molecule has 0 spiro atoms. The zero-order valence-electron chi connectivity index (χ0n) is 18.6. The predicted octanol–water partition coefficient (Wildman–Crippen LogP) is 4.11. The minimum absolute atomic E-state index is 0.464. The van der Waals surface area contributed by atoms with Gasteiger partial charge in [0.15, 0.2) is 5.92 Å². The van der Waals surface area contributed by atoms with Gasteiger partial charge in [-0.1, -0.05) is 18.2 Å². The number of hydrogen-bond acceptors (Lipinski definition) is 6. The second-order valence-corrected chi connectivity index (χ2v) is 8.75. The van der Waals surface area contributed by atoms with Crippen LogP contribution in [0.15, 0.2) is 30.5 Å². The Morgan fingerprint density at radius 2 is 1.40 bits per heavy atom. The molecule has 7 nitrogen and oxygen atoms in total. The van der Waals surface area contributed by atoms with E-state index in [4.69, 9.17) is 14.2 Å². The largest absolute Gasteiger partial charge is 0.462 e. The van der Waals surface area contributed by atoms with Crippen LogP contribution in [-0.2, 0) is 28.6 Å². The lowest BCUT2D eigenvalue weighted by molar-refractivity contribution is -0.175. The highest BCUT2D eigenvalue weighted by Crippen LogP contribution is 2.35. The molecule has 1 N–H and O–H groups in total. The van der Waals surface area contributed by atoms with E-state index in [9.17, 15) is 14.4 Å². The highest BCUT2D eigenvalue weighted by Gasteiger charge is 2.46. The molecule has 0 saturated carbocycles. The van der Waals surface area contributed by atoms with Gasteiger partial charge in [-0.25, -0.2) is 0 Å². The van der Waals surface area contributed by atoms with Crippen molar-refractivity contribution in [3.05, 3.63) is 36.0 Å². The van der Waals surface area contributed by atoms with Gasteiger partial charge in [-0.3, -0.25) is 14.4 Å².